The Balaban J connectivity index is 0.000000618. The summed E-state index contributed by atoms with van der Waals surface area (Å²) in [6.07, 6.45) is 5.46. The molecule has 0 atom stereocenters. The zero-order valence-corrected chi connectivity index (χ0v) is 19.9. The van der Waals surface area contributed by atoms with Crippen LogP contribution in [0.3, 0.4) is 0 Å². The molecule has 0 radical (unpaired) electrons. The maximum Gasteiger partial charge on any atom is 0.173 e. The normalized spacial score (nSPS) is 9.59. The van der Waals surface area contributed by atoms with Crippen LogP contribution < -0.4 is 27.4 Å². The van der Waals surface area contributed by atoms with Crippen molar-refractivity contribution in [2.24, 2.45) is 11.5 Å². The van der Waals surface area contributed by atoms with Crippen LogP contribution in [-0.2, 0) is 6.16 Å². The van der Waals surface area contributed by atoms with Crippen molar-refractivity contribution in [3.8, 4) is 12.4 Å². The Hall–Kier alpha value is -4.37. The molecule has 4 aromatic carbocycles. The van der Waals surface area contributed by atoms with Gasteiger partial charge in [0.25, 0.3) is 0 Å². The van der Waals surface area contributed by atoms with Crippen molar-refractivity contribution in [1.82, 2.24) is 0 Å². The quantitative estimate of drug-likeness (QED) is 0.246. The number of nitrogens with zero attached hydrogens (tertiary/aromatic N) is 2. The van der Waals surface area contributed by atoms with Gasteiger partial charge in [0.15, 0.2) is 12.4 Å². The zero-order chi connectivity index (χ0) is 24.7. The fourth-order valence-electron chi connectivity index (χ4n) is 3.90. The molecule has 0 saturated heterocycles. The van der Waals surface area contributed by atoms with Gasteiger partial charge in [-0.3, -0.25) is 0 Å². The second-order valence-electron chi connectivity index (χ2n) is 7.14. The molecule has 168 valence electrons. The Morgan fingerprint density at radius 2 is 0.941 bits per heavy atom. The molecule has 0 aliphatic carbocycles. The first-order valence-electron chi connectivity index (χ1n) is 10.6. The summed E-state index contributed by atoms with van der Waals surface area (Å²) in [4.78, 5) is 0. The Labute approximate surface area is 202 Å². The average molecular weight is 464 g/mol. The van der Waals surface area contributed by atoms with E-state index in [1.807, 2.05) is 6.08 Å². The molecule has 0 unspecified atom stereocenters. The molecule has 0 aliphatic heterocycles. The summed E-state index contributed by atoms with van der Waals surface area (Å²) in [5.41, 5.74) is 10.9. The molecule has 0 spiro atoms. The minimum Gasteiger partial charge on any atom is -0.337 e. The lowest BCUT2D eigenvalue weighted by atomic mass is 10.1. The highest BCUT2D eigenvalue weighted by Gasteiger charge is 2.45. The highest BCUT2D eigenvalue weighted by Crippen LogP contribution is 2.58. The second kappa shape index (κ2) is 13.9. The van der Waals surface area contributed by atoms with Crippen LogP contribution >= 0.6 is 7.26 Å². The lowest BCUT2D eigenvalue weighted by Gasteiger charge is -2.28. The van der Waals surface area contributed by atoms with Crippen LogP contribution in [0, 0.1) is 22.9 Å². The van der Waals surface area contributed by atoms with E-state index in [1.54, 1.807) is 0 Å². The number of nitriles is 2. The zero-order valence-electron chi connectivity index (χ0n) is 19.0. The molecule has 4 N–H and O–H groups in total. The predicted molar refractivity (Wildman–Crippen MR) is 145 cm³/mol. The lowest BCUT2D eigenvalue weighted by molar-refractivity contribution is 1.37. The second-order valence-corrected chi connectivity index (χ2v) is 10.6. The first kappa shape index (κ1) is 25.9. The van der Waals surface area contributed by atoms with E-state index in [0.717, 1.165) is 6.16 Å². The van der Waals surface area contributed by atoms with Crippen molar-refractivity contribution < 1.29 is 0 Å². The summed E-state index contributed by atoms with van der Waals surface area (Å²) >= 11 is 0. The van der Waals surface area contributed by atoms with E-state index in [4.69, 9.17) is 10.5 Å². The maximum absolute atomic E-state index is 7.10. The van der Waals surface area contributed by atoms with Gasteiger partial charge in [-0.05, 0) is 47.5 Å². The average Bonchev–Trinajstić information content (AvgIpc) is 2.90. The van der Waals surface area contributed by atoms with E-state index in [0.29, 0.717) is 0 Å². The lowest BCUT2D eigenvalue weighted by Crippen LogP contribution is -2.32. The third-order valence-corrected chi connectivity index (χ3v) is 9.63. The minimum absolute atomic E-state index is 0.979. The van der Waals surface area contributed by atoms with Crippen molar-refractivity contribution >= 4 is 29.3 Å². The summed E-state index contributed by atoms with van der Waals surface area (Å²) in [6, 6.07) is 41.7. The predicted octanol–water partition coefficient (Wildman–Crippen LogP) is 4.68. The van der Waals surface area contributed by atoms with Gasteiger partial charge in [0.1, 0.15) is 23.2 Å². The number of hydrogen-bond acceptors (Lipinski definition) is 4. The highest BCUT2D eigenvalue weighted by atomic mass is 31.2. The van der Waals surface area contributed by atoms with Gasteiger partial charge in [-0.15, -0.1) is 0 Å². The van der Waals surface area contributed by atoms with Crippen LogP contribution in [0.1, 0.15) is 11.1 Å². The van der Waals surface area contributed by atoms with E-state index >= 15 is 0 Å². The Morgan fingerprint density at radius 1 is 0.618 bits per heavy atom. The van der Waals surface area contributed by atoms with Gasteiger partial charge >= 0.3 is 0 Å². The largest absolute Gasteiger partial charge is 0.337 e. The summed E-state index contributed by atoms with van der Waals surface area (Å²) in [6.45, 7) is 4.05. The van der Waals surface area contributed by atoms with Crippen LogP contribution in [0.25, 0.3) is 6.08 Å². The van der Waals surface area contributed by atoms with Crippen LogP contribution in [0.4, 0.5) is 0 Å². The number of nitrogens with two attached hydrogens (primary N) is 2. The van der Waals surface area contributed by atoms with E-state index in [9.17, 15) is 0 Å². The van der Waals surface area contributed by atoms with Crippen LogP contribution in [0.5, 0.6) is 0 Å². The molecule has 0 amide bonds. The molecule has 0 saturated carbocycles. The Morgan fingerprint density at radius 3 is 1.29 bits per heavy atom. The monoisotopic (exact) mass is 463 g/mol. The smallest absolute Gasteiger partial charge is 0.173 e. The summed E-state index contributed by atoms with van der Waals surface area (Å²) in [5, 5.41) is 18.4. The van der Waals surface area contributed by atoms with Gasteiger partial charge in [0, 0.05) is 0 Å². The number of rotatable bonds is 6. The molecule has 4 rings (SSSR count). The number of benzene rings is 4. The van der Waals surface area contributed by atoms with E-state index in [-0.39, 0.29) is 0 Å². The molecular formula is C29H28N4P+. The fraction of sp³-hybridized carbons (Fsp3) is 0.0345. The fourth-order valence-corrected chi connectivity index (χ4v) is 8.19. The van der Waals surface area contributed by atoms with E-state index < -0.39 is 7.26 Å². The molecule has 0 aromatic heterocycles. The maximum atomic E-state index is 7.10. The third-order valence-electron chi connectivity index (χ3n) is 5.27. The molecule has 0 bridgehead atoms. The molecule has 5 heteroatoms. The minimum atomic E-state index is -1.86. The van der Waals surface area contributed by atoms with Gasteiger partial charge in [-0.25, -0.2) is 0 Å². The van der Waals surface area contributed by atoms with Gasteiger partial charge in [-0.2, -0.15) is 10.5 Å². The Kier molecular flexibility index (Phi) is 10.6. The molecular weight excluding hydrogens is 435 g/mol. The van der Waals surface area contributed by atoms with Crippen LogP contribution in [-0.4, -0.2) is 0 Å². The van der Waals surface area contributed by atoms with Gasteiger partial charge in [-0.1, -0.05) is 91.5 Å². The molecule has 0 fully saturated rings. The van der Waals surface area contributed by atoms with Crippen molar-refractivity contribution in [2.75, 3.05) is 0 Å². The summed E-state index contributed by atoms with van der Waals surface area (Å²) < 4.78 is 0. The molecule has 34 heavy (non-hydrogen) atoms. The van der Waals surface area contributed by atoms with Gasteiger partial charge in [0.05, 0.1) is 6.16 Å². The Bertz CT molecular complexity index is 1120. The third kappa shape index (κ3) is 6.33. The van der Waals surface area contributed by atoms with Crippen LogP contribution in [0.2, 0.25) is 0 Å². The molecule has 0 heterocycles. The standard InChI is InChI=1S/C27H24P.2CH2N2/c1-2-23-14-12-13-15-24(23)22-28(25-16-6-3-7-17-25,26-18-8-4-9-19-26)27-20-10-5-11-21-27;2*2-1-3/h2-21H,1,22H2;2*2H2/q+1;;. The summed E-state index contributed by atoms with van der Waals surface area (Å²) in [5.74, 6) is 0. The van der Waals surface area contributed by atoms with E-state index in [1.165, 1.54) is 39.4 Å². The SMILES string of the molecule is C=Cc1ccccc1C[P+](c1ccccc1)(c1ccccc1)c1ccccc1.N#CN.N#CN. The molecule has 4 nitrogen and oxygen atoms in total. The topological polar surface area (TPSA) is 99.6 Å². The highest BCUT2D eigenvalue weighted by molar-refractivity contribution is 7.95. The first-order chi connectivity index (χ1) is 16.7. The molecule has 4 aromatic rings. The van der Waals surface area contributed by atoms with E-state index in [2.05, 4.69) is 133 Å². The van der Waals surface area contributed by atoms with Crippen molar-refractivity contribution in [3.63, 3.8) is 0 Å². The van der Waals surface area contributed by atoms with Gasteiger partial charge in [0.2, 0.25) is 0 Å². The van der Waals surface area contributed by atoms with Gasteiger partial charge < -0.3 is 11.5 Å². The molecule has 0 aliphatic rings. The summed E-state index contributed by atoms with van der Waals surface area (Å²) in [7, 11) is -1.86. The van der Waals surface area contributed by atoms with Crippen molar-refractivity contribution in [2.45, 2.75) is 6.16 Å². The van der Waals surface area contributed by atoms with Crippen molar-refractivity contribution in [3.05, 3.63) is 133 Å². The van der Waals surface area contributed by atoms with Crippen LogP contribution in [0.15, 0.2) is 122 Å². The number of hydrogen-bond donors (Lipinski definition) is 2. The first-order valence-corrected chi connectivity index (χ1v) is 12.6. The van der Waals surface area contributed by atoms with Crippen molar-refractivity contribution in [1.29, 1.82) is 10.5 Å².